The van der Waals surface area contributed by atoms with E-state index >= 15 is 0 Å². The molecule has 34 heavy (non-hydrogen) atoms. The number of alkyl halides is 2. The lowest BCUT2D eigenvalue weighted by Gasteiger charge is -2.32. The number of nitrogens with one attached hydrogen (secondary N) is 2. The minimum Gasteiger partial charge on any atom is -0.468 e. The summed E-state index contributed by atoms with van der Waals surface area (Å²) >= 11 is 1.40. The van der Waals surface area contributed by atoms with Gasteiger partial charge in [0.25, 0.3) is 17.7 Å². The molecule has 188 valence electrons. The van der Waals surface area contributed by atoms with Gasteiger partial charge in [0, 0.05) is 24.4 Å². The summed E-state index contributed by atoms with van der Waals surface area (Å²) in [5.41, 5.74) is 5.26. The van der Waals surface area contributed by atoms with Gasteiger partial charge in [-0.05, 0) is 67.4 Å². The molecule has 11 heteroatoms. The molecular formula is C23H32F2N4O4S. The molecule has 4 bridgehead atoms. The molecule has 8 nitrogen and oxygen atoms in total. The van der Waals surface area contributed by atoms with Crippen molar-refractivity contribution in [2.75, 3.05) is 19.7 Å². The Kier molecular flexibility index (Phi) is 6.76. The number of nitrogens with two attached hydrogens (primary N) is 1. The fraction of sp³-hybridized carbons (Fsp3) is 0.783. The number of amides is 2. The van der Waals surface area contributed by atoms with Gasteiger partial charge in [0.15, 0.2) is 6.61 Å². The number of nitrogens with zero attached hydrogens (tertiary/aromatic N) is 1. The van der Waals surface area contributed by atoms with Gasteiger partial charge in [0.1, 0.15) is 4.90 Å². The molecule has 5 saturated carbocycles. The number of hydrogen-bond donors (Lipinski definition) is 3. The molecule has 0 radical (unpaired) electrons. The van der Waals surface area contributed by atoms with Gasteiger partial charge < -0.3 is 25.6 Å². The summed E-state index contributed by atoms with van der Waals surface area (Å²) in [5.74, 6) is -3.24. The molecule has 4 N–H and O–H groups in total. The predicted octanol–water partition coefficient (Wildman–Crippen LogP) is 2.96. The van der Waals surface area contributed by atoms with Crippen molar-refractivity contribution in [2.24, 2.45) is 29.4 Å². The molecule has 5 atom stereocenters. The van der Waals surface area contributed by atoms with Crippen LogP contribution >= 0.6 is 11.8 Å². The van der Waals surface area contributed by atoms with Crippen molar-refractivity contribution in [2.45, 2.75) is 73.5 Å². The van der Waals surface area contributed by atoms with Crippen LogP contribution in [-0.4, -0.2) is 53.9 Å². The van der Waals surface area contributed by atoms with Crippen LogP contribution in [0.15, 0.2) is 9.42 Å². The van der Waals surface area contributed by atoms with Crippen LogP contribution < -0.4 is 21.1 Å². The van der Waals surface area contributed by atoms with Crippen molar-refractivity contribution in [3.63, 3.8) is 0 Å². The summed E-state index contributed by atoms with van der Waals surface area (Å²) in [4.78, 5) is 25.3. The number of halogens is 2. The molecular weight excluding hydrogens is 466 g/mol. The molecule has 1 heterocycles. The van der Waals surface area contributed by atoms with Crippen molar-refractivity contribution in [1.82, 2.24) is 15.8 Å². The van der Waals surface area contributed by atoms with E-state index in [0.29, 0.717) is 22.6 Å². The lowest BCUT2D eigenvalue weighted by atomic mass is 9.79. The Hall–Kier alpha value is -1.88. The van der Waals surface area contributed by atoms with Crippen LogP contribution in [0, 0.1) is 23.7 Å². The summed E-state index contributed by atoms with van der Waals surface area (Å²) in [7, 11) is 0. The van der Waals surface area contributed by atoms with Crippen LogP contribution in [0.3, 0.4) is 0 Å². The molecule has 1 aromatic heterocycles. The zero-order valence-corrected chi connectivity index (χ0v) is 19.9. The molecule has 2 amide bonds. The molecule has 0 aromatic carbocycles. The second-order valence-corrected chi connectivity index (χ2v) is 11.5. The van der Waals surface area contributed by atoms with Crippen molar-refractivity contribution in [3.8, 4) is 5.88 Å². The van der Waals surface area contributed by atoms with Crippen LogP contribution in [0.25, 0.3) is 0 Å². The van der Waals surface area contributed by atoms with Gasteiger partial charge in [-0.25, -0.2) is 0 Å². The quantitative estimate of drug-likeness (QED) is 0.454. The highest BCUT2D eigenvalue weighted by Gasteiger charge is 2.54. The summed E-state index contributed by atoms with van der Waals surface area (Å²) in [6, 6.07) is 0.130. The monoisotopic (exact) mass is 498 g/mol. The van der Waals surface area contributed by atoms with Gasteiger partial charge in [0.05, 0.1) is 0 Å². The molecule has 5 fully saturated rings. The fourth-order valence-corrected chi connectivity index (χ4v) is 7.83. The van der Waals surface area contributed by atoms with E-state index in [1.54, 1.807) is 0 Å². The zero-order chi connectivity index (χ0) is 23.9. The molecule has 5 aliphatic rings. The first-order valence-corrected chi connectivity index (χ1v) is 13.2. The molecule has 0 saturated heterocycles. The summed E-state index contributed by atoms with van der Waals surface area (Å²) in [6.45, 7) is -1.21. The normalized spacial score (nSPS) is 30.1. The number of hydrogen-bond acceptors (Lipinski definition) is 7. The van der Waals surface area contributed by atoms with Crippen LogP contribution in [0.1, 0.15) is 61.9 Å². The van der Waals surface area contributed by atoms with E-state index in [1.165, 1.54) is 31.0 Å². The maximum Gasteiger partial charge on any atom is 0.357 e. The summed E-state index contributed by atoms with van der Waals surface area (Å²) in [6.07, 6.45) is 8.84. The van der Waals surface area contributed by atoms with E-state index < -0.39 is 18.4 Å². The van der Waals surface area contributed by atoms with Crippen LogP contribution in [0.5, 0.6) is 5.88 Å². The van der Waals surface area contributed by atoms with E-state index in [9.17, 15) is 18.4 Å². The van der Waals surface area contributed by atoms with Gasteiger partial charge in [0.2, 0.25) is 5.76 Å². The Morgan fingerprint density at radius 3 is 2.68 bits per heavy atom. The smallest absolute Gasteiger partial charge is 0.357 e. The molecule has 0 spiro atoms. The van der Waals surface area contributed by atoms with Crippen LogP contribution in [0.4, 0.5) is 8.78 Å². The van der Waals surface area contributed by atoms with E-state index in [4.69, 9.17) is 15.0 Å². The third kappa shape index (κ3) is 4.65. The van der Waals surface area contributed by atoms with Gasteiger partial charge >= 0.3 is 5.92 Å². The maximum absolute atomic E-state index is 14.2. The van der Waals surface area contributed by atoms with Crippen molar-refractivity contribution < 1.29 is 27.6 Å². The number of carbonyl (C=O) groups excluding carboxylic acids is 2. The Labute approximate surface area is 201 Å². The lowest BCUT2D eigenvalue weighted by Crippen LogP contribution is -2.45. The minimum absolute atomic E-state index is 0.0140. The highest BCUT2D eigenvalue weighted by molar-refractivity contribution is 8.00. The van der Waals surface area contributed by atoms with E-state index in [2.05, 4.69) is 15.8 Å². The van der Waals surface area contributed by atoms with E-state index in [1.807, 2.05) is 0 Å². The largest absolute Gasteiger partial charge is 0.468 e. The number of ether oxygens (including phenoxy) is 1. The first kappa shape index (κ1) is 23.8. The Morgan fingerprint density at radius 2 is 1.94 bits per heavy atom. The van der Waals surface area contributed by atoms with Crippen molar-refractivity contribution >= 4 is 23.6 Å². The van der Waals surface area contributed by atoms with Gasteiger partial charge in [-0.15, -0.1) is 11.8 Å². The Morgan fingerprint density at radius 1 is 1.18 bits per heavy atom. The Balaban J connectivity index is 1.30. The summed E-state index contributed by atoms with van der Waals surface area (Å²) < 4.78 is 39.1. The van der Waals surface area contributed by atoms with Gasteiger partial charge in [-0.3, -0.25) is 9.59 Å². The first-order valence-electron chi connectivity index (χ1n) is 12.3. The minimum atomic E-state index is -3.77. The van der Waals surface area contributed by atoms with Gasteiger partial charge in [-0.1, -0.05) is 12.8 Å². The van der Waals surface area contributed by atoms with Gasteiger partial charge in [-0.2, -0.15) is 8.78 Å². The van der Waals surface area contributed by atoms with Crippen LogP contribution in [0.2, 0.25) is 0 Å². The third-order valence-electron chi connectivity index (χ3n) is 7.92. The average molecular weight is 499 g/mol. The number of aromatic nitrogens is 1. The lowest BCUT2D eigenvalue weighted by molar-refractivity contribution is -0.149. The fourth-order valence-electron chi connectivity index (χ4n) is 6.50. The third-order valence-corrected chi connectivity index (χ3v) is 9.32. The second-order valence-electron chi connectivity index (χ2n) is 10.2. The summed E-state index contributed by atoms with van der Waals surface area (Å²) in [5, 5.41) is 9.29. The van der Waals surface area contributed by atoms with E-state index in [0.717, 1.165) is 38.0 Å². The molecule has 6 rings (SSSR count). The SMILES string of the molecule is NCCNC(=O)C(F)(F)COc1noc(C(=O)NC2C3CC4CC(C3)C2C4)c1SC1CCCC1. The molecule has 5 aliphatic carbocycles. The highest BCUT2D eigenvalue weighted by atomic mass is 32.2. The number of thioether (sulfide) groups is 1. The topological polar surface area (TPSA) is 119 Å². The van der Waals surface area contributed by atoms with Crippen molar-refractivity contribution in [3.05, 3.63) is 5.76 Å². The highest BCUT2D eigenvalue weighted by Crippen LogP contribution is 2.58. The predicted molar refractivity (Wildman–Crippen MR) is 121 cm³/mol. The molecule has 0 aliphatic heterocycles. The Bertz CT molecular complexity index is 919. The van der Waals surface area contributed by atoms with E-state index in [-0.39, 0.29) is 41.9 Å². The number of rotatable bonds is 10. The number of carbonyl (C=O) groups is 2. The average Bonchev–Trinajstić information content (AvgIpc) is 3.57. The molecule has 5 unspecified atom stereocenters. The molecule has 1 aromatic rings. The van der Waals surface area contributed by atoms with Crippen molar-refractivity contribution in [1.29, 1.82) is 0 Å². The maximum atomic E-state index is 14.2. The zero-order valence-electron chi connectivity index (χ0n) is 19.1. The standard InChI is InChI=1S/C23H32F2N4O4S/c24-23(25,22(31)27-6-5-26)11-32-21-19(34-15-3-1-2-4-15)18(33-29-21)20(30)28-17-14-8-12-7-13(10-14)16(17)9-12/h12-17H,1-11,26H2,(H,27,31)(H,28,30). The van der Waals surface area contributed by atoms with Crippen LogP contribution in [-0.2, 0) is 4.79 Å². The second kappa shape index (κ2) is 9.64. The first-order chi connectivity index (χ1) is 16.4.